The second-order valence-electron chi connectivity index (χ2n) is 1.67. The van der Waals surface area contributed by atoms with Crippen molar-refractivity contribution in [2.45, 2.75) is 24.3 Å². The maximum Gasteiger partial charge on any atom is 0.211 e. The highest BCUT2D eigenvalue weighted by atomic mass is 16.4. The van der Waals surface area contributed by atoms with Crippen molar-refractivity contribution in [3.05, 3.63) is 0 Å². The maximum atomic E-state index is 11.1. The van der Waals surface area contributed by atoms with Gasteiger partial charge in [-0.1, -0.05) is 0 Å². The summed E-state index contributed by atoms with van der Waals surface area (Å²) in [4.78, 5) is 11.1. The molecule has 0 aromatic carbocycles. The van der Waals surface area contributed by atoms with E-state index in [9.17, 15) is 4.79 Å². The zero-order valence-corrected chi connectivity index (χ0v) is 5.70. The minimum atomic E-state index is -3.84. The quantitative estimate of drug-likeness (QED) is 0.241. The molecule has 0 unspecified atom stereocenters. The molecule has 0 radical (unpaired) electrons. The molecule has 0 saturated carbocycles. The van der Waals surface area contributed by atoms with Crippen molar-refractivity contribution in [3.63, 3.8) is 0 Å². The lowest BCUT2D eigenvalue weighted by Crippen LogP contribution is -2.46. The van der Waals surface area contributed by atoms with Gasteiger partial charge in [0.1, 0.15) is 25.7 Å². The van der Waals surface area contributed by atoms with E-state index in [0.29, 0.717) is 0 Å². The lowest BCUT2D eigenvalue weighted by molar-refractivity contribution is -0.136. The van der Waals surface area contributed by atoms with Gasteiger partial charge in [0.2, 0.25) is 5.72 Å². The predicted octanol–water partition coefficient (Wildman–Crippen LogP) is -3.38. The van der Waals surface area contributed by atoms with Crippen molar-refractivity contribution >= 4 is 6.26 Å². The number of carbonyl (C=O) groups is 1. The Morgan fingerprint density at radius 1 is 1.42 bits per heavy atom. The molecule has 5 N–H and O–H groups in total. The van der Waals surface area contributed by atoms with Gasteiger partial charge in [0.15, 0.2) is 6.26 Å². The summed E-state index contributed by atoms with van der Waals surface area (Å²) in [7, 11) is 0. The summed E-state index contributed by atoms with van der Waals surface area (Å²) in [5.74, 6) is 0. The molecule has 4 atom stereocenters. The summed E-state index contributed by atoms with van der Waals surface area (Å²) < 4.78 is 63.7. The number of hydrogen-bond donors (Lipinski definition) is 5. The molecular formula is C6H12O6. The Morgan fingerprint density at radius 2 is 2.17 bits per heavy atom. The Bertz CT molecular complexity index is 382. The molecule has 6 nitrogen and oxygen atoms in total. The Balaban J connectivity index is 6.38. The lowest BCUT2D eigenvalue weighted by atomic mass is 10.0. The van der Waals surface area contributed by atoms with Crippen LogP contribution in [-0.4, -0.2) is 68.5 Å². The summed E-state index contributed by atoms with van der Waals surface area (Å²) in [6.45, 7) is -1.55. The molecule has 0 aliphatic heterocycles. The van der Waals surface area contributed by atoms with Crippen LogP contribution in [-0.2, 0) is 4.79 Å². The summed E-state index contributed by atoms with van der Waals surface area (Å²) in [6.07, 6.45) is -16.8. The summed E-state index contributed by atoms with van der Waals surface area (Å²) in [5.41, 5.74) is 0. The number of aliphatic hydroxyl groups excluding tert-OH is 1. The fourth-order valence-corrected chi connectivity index (χ4v) is 0.348. The van der Waals surface area contributed by atoms with E-state index in [0.717, 1.165) is 0 Å². The third-order valence-electron chi connectivity index (χ3n) is 0.902. The largest absolute Gasteiger partial charge is 0.394 e. The molecule has 12 heavy (non-hydrogen) atoms. The van der Waals surface area contributed by atoms with Gasteiger partial charge in [-0.3, -0.25) is 0 Å². The minimum Gasteiger partial charge on any atom is -0.394 e. The zero-order valence-electron chi connectivity index (χ0n) is 14.7. The monoisotopic (exact) mass is 189 g/mol. The molecule has 0 rings (SSSR count). The number of aliphatic hydroxyl groups is 5. The van der Waals surface area contributed by atoms with Crippen LogP contribution in [0.2, 0.25) is 0 Å². The van der Waals surface area contributed by atoms with Gasteiger partial charge < -0.3 is 30.3 Å². The van der Waals surface area contributed by atoms with E-state index in [-0.39, 0.29) is 0 Å². The summed E-state index contributed by atoms with van der Waals surface area (Å²) in [5, 5.41) is 23.6. The third kappa shape index (κ3) is 2.84. The lowest BCUT2D eigenvalue weighted by Gasteiger charge is -2.22. The van der Waals surface area contributed by atoms with Gasteiger partial charge in [0.25, 0.3) is 0 Å². The maximum absolute atomic E-state index is 11.1. The predicted molar refractivity (Wildman–Crippen MR) is 37.2 cm³/mol. The molecule has 0 aromatic heterocycles. The number of carbonyl (C=O) groups excluding carboxylic acids is 1. The first-order chi connectivity index (χ1) is 9.50. The number of rotatable bonds is 9. The van der Waals surface area contributed by atoms with Gasteiger partial charge in [0.05, 0.1) is 12.1 Å². The van der Waals surface area contributed by atoms with Crippen LogP contribution in [0.1, 0.15) is 6.85 Å². The zero-order chi connectivity index (χ0) is 17.1. The van der Waals surface area contributed by atoms with E-state index in [1.165, 1.54) is 0 Å². The van der Waals surface area contributed by atoms with Crippen LogP contribution in [0.4, 0.5) is 0 Å². The van der Waals surface area contributed by atoms with Gasteiger partial charge >= 0.3 is 0 Å². The fourth-order valence-electron chi connectivity index (χ4n) is 0.348. The second kappa shape index (κ2) is 5.18. The van der Waals surface area contributed by atoms with Crippen LogP contribution in [0.25, 0.3) is 0 Å². The smallest absolute Gasteiger partial charge is 0.211 e. The van der Waals surface area contributed by atoms with Crippen LogP contribution < -0.4 is 0 Å². The molecule has 0 spiro atoms. The molecule has 0 heterocycles. The van der Waals surface area contributed by atoms with Crippen molar-refractivity contribution in [2.24, 2.45) is 0 Å². The van der Waals surface area contributed by atoms with E-state index in [2.05, 4.69) is 20.4 Å². The van der Waals surface area contributed by atoms with Crippen LogP contribution in [0, 0.1) is 0 Å². The SMILES string of the molecule is [2H]O[C@@]([2H])([C@]([2H])(O[2H])[C@@]([2H])(O[2H])C([2H])=O)[C@@]([2H])(CO)O[2H]. The Hall–Kier alpha value is -0.530. The second-order valence-corrected chi connectivity index (χ2v) is 1.67. The fraction of sp³-hybridized carbons (Fsp3) is 0.833. The van der Waals surface area contributed by atoms with Crippen LogP contribution >= 0.6 is 0 Å². The van der Waals surface area contributed by atoms with Gasteiger partial charge in [0, 0.05) is 0 Å². The van der Waals surface area contributed by atoms with Gasteiger partial charge in [-0.2, -0.15) is 0 Å². The average Bonchev–Trinajstić information content (AvgIpc) is 2.50. The Labute approximate surface area is 81.7 Å². The van der Waals surface area contributed by atoms with E-state index < -0.39 is 37.2 Å². The Kier molecular flexibility index (Phi) is 1.43. The van der Waals surface area contributed by atoms with E-state index in [1.807, 2.05) is 0 Å². The first kappa shape index (κ1) is 3.32. The Morgan fingerprint density at radius 3 is 2.50 bits per heavy atom. The van der Waals surface area contributed by atoms with Gasteiger partial charge in [-0.05, 0) is 0 Å². The minimum absolute atomic E-state index is 1.55. The molecule has 0 amide bonds. The first-order valence-electron chi connectivity index (χ1n) is 6.82. The van der Waals surface area contributed by atoms with E-state index in [1.54, 1.807) is 0 Å². The molecule has 72 valence electrons. The highest BCUT2D eigenvalue weighted by Crippen LogP contribution is 2.02. The highest BCUT2D eigenvalue weighted by molar-refractivity contribution is 5.56. The van der Waals surface area contributed by atoms with Crippen LogP contribution in [0.5, 0.6) is 0 Å². The molecule has 0 bridgehead atoms. The summed E-state index contributed by atoms with van der Waals surface area (Å²) in [6, 6.07) is 0. The molecule has 0 aliphatic rings. The number of aldehydes is 1. The van der Waals surface area contributed by atoms with Crippen LogP contribution in [0.15, 0.2) is 0 Å². The molecule has 0 aromatic rings. The summed E-state index contributed by atoms with van der Waals surface area (Å²) >= 11 is 0. The van der Waals surface area contributed by atoms with Crippen molar-refractivity contribution < 1.29 is 37.2 Å². The van der Waals surface area contributed by atoms with E-state index >= 15 is 0 Å². The van der Waals surface area contributed by atoms with Crippen molar-refractivity contribution in [1.29, 1.82) is 5.72 Å². The molecular weight excluding hydrogens is 168 g/mol. The average molecular weight is 189 g/mol. The molecule has 6 heteroatoms. The normalized spacial score (nSPS) is 41.9. The van der Waals surface area contributed by atoms with Crippen molar-refractivity contribution in [3.8, 4) is 0 Å². The van der Waals surface area contributed by atoms with Crippen molar-refractivity contribution in [1.82, 2.24) is 0 Å². The third-order valence-corrected chi connectivity index (χ3v) is 0.902. The van der Waals surface area contributed by atoms with Gasteiger partial charge in [-0.25, -0.2) is 0 Å². The van der Waals surface area contributed by atoms with Gasteiger partial charge in [-0.15, -0.1) is 0 Å². The molecule has 0 fully saturated rings. The highest BCUT2D eigenvalue weighted by Gasteiger charge is 2.29. The molecule has 0 saturated heterocycles. The first-order valence-corrected chi connectivity index (χ1v) is 2.69. The van der Waals surface area contributed by atoms with Crippen molar-refractivity contribution in [2.75, 3.05) is 6.61 Å². The van der Waals surface area contributed by atoms with Crippen LogP contribution in [0.3, 0.4) is 0 Å². The number of hydrogen-bond acceptors (Lipinski definition) is 6. The molecule has 0 aliphatic carbocycles. The standard InChI is InChI=1S/C6H12O6/c7-1-3(9)5(11)6(12)4(10)2-8/h1,3-6,8-12H,2H2/t3-,4+,5+,6+/m0/s1/i1D,3D,4D,5D,6D,9D,10D,11D,12D. The topological polar surface area (TPSA) is 118 Å². The van der Waals surface area contributed by atoms with E-state index in [4.69, 9.17) is 17.7 Å².